The number of rotatable bonds is 3. The fourth-order valence-electron chi connectivity index (χ4n) is 3.62. The third-order valence-electron chi connectivity index (χ3n) is 5.42. The molecule has 152 valence electrons. The summed E-state index contributed by atoms with van der Waals surface area (Å²) in [6.45, 7) is 1.49. The lowest BCUT2D eigenvalue weighted by Gasteiger charge is -2.50. The number of nitriles is 1. The Kier molecular flexibility index (Phi) is 4.62. The highest BCUT2D eigenvalue weighted by Gasteiger charge is 2.50. The number of piperidine rings is 1. The highest BCUT2D eigenvalue weighted by atomic mass is 16.5. The first-order valence-corrected chi connectivity index (χ1v) is 8.60. The Bertz CT molecular complexity index is 817. The van der Waals surface area contributed by atoms with Crippen molar-refractivity contribution in [3.05, 3.63) is 23.4 Å². The van der Waals surface area contributed by atoms with Crippen LogP contribution < -0.4 is 16.0 Å². The Labute approximate surface area is 160 Å². The van der Waals surface area contributed by atoms with Gasteiger partial charge in [0.1, 0.15) is 23.8 Å². The predicted molar refractivity (Wildman–Crippen MR) is 92.2 cm³/mol. The molecule has 0 aromatic heterocycles. The van der Waals surface area contributed by atoms with Crippen LogP contribution in [-0.4, -0.2) is 80.0 Å². The number of nitrogens with zero attached hydrogens (tertiary/aromatic N) is 3. The number of β-amino-alcohol motifs (C(OH)–C–C–N with tert-alkyl or cyclic N) is 1. The number of urea groups is 1. The first-order valence-electron chi connectivity index (χ1n) is 8.60. The summed E-state index contributed by atoms with van der Waals surface area (Å²) in [6, 6.07) is 0.558. The molecule has 3 aliphatic heterocycles. The lowest BCUT2D eigenvalue weighted by Crippen LogP contribution is -2.67. The quantitative estimate of drug-likeness (QED) is 0.202. The Balaban J connectivity index is 1.95. The van der Waals surface area contributed by atoms with Crippen molar-refractivity contribution in [2.75, 3.05) is 20.1 Å². The predicted octanol–water partition coefficient (Wildman–Crippen LogP) is -2.47. The third kappa shape index (κ3) is 2.99. The van der Waals surface area contributed by atoms with Crippen LogP contribution in [0.5, 0.6) is 0 Å². The van der Waals surface area contributed by atoms with Gasteiger partial charge in [-0.15, -0.1) is 0 Å². The molecule has 0 radical (unpaired) electrons. The average molecular weight is 394 g/mol. The molecule has 7 N–H and O–H groups in total. The smallest absolute Gasteiger partial charge is 0.336 e. The van der Waals surface area contributed by atoms with Gasteiger partial charge < -0.3 is 40.9 Å². The minimum absolute atomic E-state index is 0.107. The van der Waals surface area contributed by atoms with Crippen LogP contribution in [0, 0.1) is 17.2 Å². The Morgan fingerprint density at radius 1 is 1.50 bits per heavy atom. The number of aliphatic hydroxyl groups is 4. The van der Waals surface area contributed by atoms with Crippen molar-refractivity contribution in [2.24, 2.45) is 5.92 Å². The van der Waals surface area contributed by atoms with E-state index in [1.54, 1.807) is 6.92 Å². The van der Waals surface area contributed by atoms with Gasteiger partial charge in [0.05, 0.1) is 12.1 Å². The van der Waals surface area contributed by atoms with E-state index in [0.717, 1.165) is 11.0 Å². The number of likely N-dealkylation sites (tertiary alicyclic amines) is 1. The van der Waals surface area contributed by atoms with Gasteiger partial charge >= 0.3 is 11.8 Å². The van der Waals surface area contributed by atoms with Crippen LogP contribution >= 0.6 is 0 Å². The Hall–Kier alpha value is -3.01. The Morgan fingerprint density at radius 3 is 2.82 bits per heavy atom. The van der Waals surface area contributed by atoms with Gasteiger partial charge in [-0.1, -0.05) is 6.92 Å². The SMILES string of the molecule is CC1CCN(C(=O)C(O)(O)C#N)CC1(O)N(C)C1=C2C(O)=CNC2NC(=O)N1. The number of likely N-dealkylation sites (N-methyl/N-ethyl adjacent to an activating group) is 1. The summed E-state index contributed by atoms with van der Waals surface area (Å²) >= 11 is 0. The summed E-state index contributed by atoms with van der Waals surface area (Å²) in [5.74, 6) is -4.84. The minimum Gasteiger partial charge on any atom is -0.506 e. The first kappa shape index (κ1) is 19.7. The molecule has 3 heterocycles. The molecular weight excluding hydrogens is 372 g/mol. The summed E-state index contributed by atoms with van der Waals surface area (Å²) in [4.78, 5) is 26.5. The molecule has 3 unspecified atom stereocenters. The molecule has 12 nitrogen and oxygen atoms in total. The summed E-state index contributed by atoms with van der Waals surface area (Å²) in [6.07, 6.45) is 0.920. The van der Waals surface area contributed by atoms with Crippen LogP contribution in [0.1, 0.15) is 13.3 Å². The molecular formula is C16H22N6O6. The summed E-state index contributed by atoms with van der Waals surface area (Å²) in [5.41, 5.74) is -1.42. The van der Waals surface area contributed by atoms with Crippen LogP contribution in [0.3, 0.4) is 0 Å². The normalized spacial score (nSPS) is 29.8. The summed E-state index contributed by atoms with van der Waals surface area (Å²) < 4.78 is 0. The number of hydrogen-bond donors (Lipinski definition) is 7. The lowest BCUT2D eigenvalue weighted by molar-refractivity contribution is -0.197. The fourth-order valence-corrected chi connectivity index (χ4v) is 3.62. The molecule has 28 heavy (non-hydrogen) atoms. The lowest BCUT2D eigenvalue weighted by atomic mass is 9.87. The fraction of sp³-hybridized carbons (Fsp3) is 0.562. The molecule has 3 aliphatic rings. The highest BCUT2D eigenvalue weighted by molar-refractivity contribution is 5.86. The van der Waals surface area contributed by atoms with Gasteiger partial charge in [0.2, 0.25) is 0 Å². The second kappa shape index (κ2) is 6.55. The van der Waals surface area contributed by atoms with Gasteiger partial charge in [0, 0.05) is 25.7 Å². The second-order valence-corrected chi connectivity index (χ2v) is 7.13. The zero-order chi connectivity index (χ0) is 20.9. The molecule has 0 bridgehead atoms. The van der Waals surface area contributed by atoms with Gasteiger partial charge in [-0.2, -0.15) is 5.26 Å². The molecule has 12 heteroatoms. The third-order valence-corrected chi connectivity index (χ3v) is 5.42. The largest absolute Gasteiger partial charge is 0.506 e. The maximum Gasteiger partial charge on any atom is 0.336 e. The molecule has 0 saturated carbocycles. The van der Waals surface area contributed by atoms with Crippen LogP contribution in [-0.2, 0) is 4.79 Å². The number of hydrogen-bond acceptors (Lipinski definition) is 9. The standard InChI is InChI=1S/C16H22N6O6/c1-8-3-4-22(13(24)16(27,28)6-17)7-15(8,26)21(2)12-10-9(23)5-18-11(10)19-14(25)20-12/h5,8,11,18,23,26-28H,3-4,7H2,1-2H3,(H2,19,20,25). The van der Waals surface area contributed by atoms with Crippen LogP contribution in [0.15, 0.2) is 23.4 Å². The summed E-state index contributed by atoms with van der Waals surface area (Å²) in [7, 11) is 1.48. The van der Waals surface area contributed by atoms with E-state index in [1.807, 2.05) is 0 Å². The van der Waals surface area contributed by atoms with E-state index in [1.165, 1.54) is 18.1 Å². The zero-order valence-corrected chi connectivity index (χ0v) is 15.3. The van der Waals surface area contributed by atoms with Crippen LogP contribution in [0.4, 0.5) is 4.79 Å². The first-order chi connectivity index (χ1) is 13.0. The number of fused-ring (bicyclic) bond motifs is 1. The van der Waals surface area contributed by atoms with Crippen molar-refractivity contribution in [3.63, 3.8) is 0 Å². The van der Waals surface area contributed by atoms with E-state index < -0.39 is 35.5 Å². The van der Waals surface area contributed by atoms with Crippen molar-refractivity contribution in [1.29, 1.82) is 5.26 Å². The zero-order valence-electron chi connectivity index (χ0n) is 15.3. The van der Waals surface area contributed by atoms with E-state index in [-0.39, 0.29) is 24.7 Å². The minimum atomic E-state index is -3.20. The molecule has 0 spiro atoms. The monoisotopic (exact) mass is 394 g/mol. The van der Waals surface area contributed by atoms with Crippen molar-refractivity contribution in [1.82, 2.24) is 25.8 Å². The van der Waals surface area contributed by atoms with E-state index >= 15 is 0 Å². The number of nitrogens with one attached hydrogen (secondary N) is 3. The average Bonchev–Trinajstić information content (AvgIpc) is 3.02. The molecule has 3 atom stereocenters. The maximum absolute atomic E-state index is 12.3. The number of carbonyl (C=O) groups excluding carboxylic acids is 2. The van der Waals surface area contributed by atoms with Crippen molar-refractivity contribution >= 4 is 11.9 Å². The van der Waals surface area contributed by atoms with Crippen molar-refractivity contribution < 1.29 is 30.0 Å². The van der Waals surface area contributed by atoms with Crippen molar-refractivity contribution in [3.8, 4) is 6.07 Å². The number of aliphatic hydroxyl groups excluding tert-OH is 1. The molecule has 1 fully saturated rings. The van der Waals surface area contributed by atoms with Gasteiger partial charge in [0.25, 0.3) is 5.91 Å². The molecule has 0 aromatic rings. The van der Waals surface area contributed by atoms with Crippen LogP contribution in [0.25, 0.3) is 0 Å². The van der Waals surface area contributed by atoms with E-state index in [2.05, 4.69) is 16.0 Å². The number of amides is 3. The number of carbonyl (C=O) groups is 2. The Morgan fingerprint density at radius 2 is 2.18 bits per heavy atom. The van der Waals surface area contributed by atoms with Gasteiger partial charge in [-0.05, 0) is 6.42 Å². The van der Waals surface area contributed by atoms with Gasteiger partial charge in [-0.25, -0.2) is 4.79 Å². The molecule has 0 aromatic carbocycles. The van der Waals surface area contributed by atoms with E-state index in [0.29, 0.717) is 12.0 Å². The van der Waals surface area contributed by atoms with Crippen molar-refractivity contribution in [2.45, 2.75) is 31.0 Å². The molecule has 3 rings (SSSR count). The van der Waals surface area contributed by atoms with Gasteiger partial charge in [0.15, 0.2) is 5.72 Å². The molecule has 0 aliphatic carbocycles. The van der Waals surface area contributed by atoms with E-state index in [9.17, 15) is 30.0 Å². The van der Waals surface area contributed by atoms with Gasteiger partial charge in [-0.3, -0.25) is 10.1 Å². The molecule has 1 saturated heterocycles. The molecule has 3 amide bonds. The topological polar surface area (TPSA) is 181 Å². The highest BCUT2D eigenvalue weighted by Crippen LogP contribution is 2.35. The second-order valence-electron chi connectivity index (χ2n) is 7.13. The maximum atomic E-state index is 12.3. The van der Waals surface area contributed by atoms with E-state index in [4.69, 9.17) is 5.26 Å². The summed E-state index contributed by atoms with van der Waals surface area (Å²) in [5, 5.41) is 57.3. The van der Waals surface area contributed by atoms with Crippen LogP contribution in [0.2, 0.25) is 0 Å².